The second kappa shape index (κ2) is 7.69. The van der Waals surface area contributed by atoms with Gasteiger partial charge in [-0.15, -0.1) is 0 Å². The normalized spacial score (nSPS) is 33.5. The van der Waals surface area contributed by atoms with E-state index in [2.05, 4.69) is 4.90 Å². The standard InChI is InChI=1S/C21H29F2N3O2/c1-12(2)21(27)26-8-6-18-19(26)5-7-25(18)14-10-17(24)20(28-11-14)15-9-13(22)3-4-16(15)23/h3-4,9,12,14,17-20H,5-8,10-11,24H2,1-2H3/t14-,17+,18?,19?,20-/m1/s1. The number of carbonyl (C=O) groups is 1. The number of hydrogen-bond donors (Lipinski definition) is 1. The number of amides is 1. The Morgan fingerprint density at radius 2 is 1.96 bits per heavy atom. The fourth-order valence-corrected chi connectivity index (χ4v) is 5.21. The molecule has 4 rings (SSSR count). The molecule has 2 N–H and O–H groups in total. The lowest BCUT2D eigenvalue weighted by molar-refractivity contribution is -0.135. The van der Waals surface area contributed by atoms with Crippen molar-refractivity contribution in [2.24, 2.45) is 11.7 Å². The molecule has 7 heteroatoms. The Balaban J connectivity index is 1.43. The number of fused-ring (bicyclic) bond motifs is 1. The number of nitrogens with two attached hydrogens (primary N) is 1. The van der Waals surface area contributed by atoms with Gasteiger partial charge in [0.05, 0.1) is 6.61 Å². The molecule has 5 atom stereocenters. The van der Waals surface area contributed by atoms with Crippen LogP contribution < -0.4 is 5.73 Å². The van der Waals surface area contributed by atoms with E-state index in [1.54, 1.807) is 0 Å². The molecular formula is C21H29F2N3O2. The summed E-state index contributed by atoms with van der Waals surface area (Å²) in [6, 6.07) is 3.76. The number of benzene rings is 1. The van der Waals surface area contributed by atoms with E-state index in [9.17, 15) is 13.6 Å². The number of nitrogens with zero attached hydrogens (tertiary/aromatic N) is 2. The van der Waals surface area contributed by atoms with E-state index in [0.717, 1.165) is 38.1 Å². The van der Waals surface area contributed by atoms with Gasteiger partial charge in [0, 0.05) is 48.7 Å². The van der Waals surface area contributed by atoms with Crippen molar-refractivity contribution >= 4 is 5.91 Å². The third-order valence-electron chi connectivity index (χ3n) is 6.53. The number of hydrogen-bond acceptors (Lipinski definition) is 4. The molecule has 5 nitrogen and oxygen atoms in total. The van der Waals surface area contributed by atoms with Crippen molar-refractivity contribution in [1.29, 1.82) is 0 Å². The molecule has 2 unspecified atom stereocenters. The third-order valence-corrected chi connectivity index (χ3v) is 6.53. The molecule has 154 valence electrons. The van der Waals surface area contributed by atoms with Crippen molar-refractivity contribution in [1.82, 2.24) is 9.80 Å². The molecule has 0 aliphatic carbocycles. The Bertz CT molecular complexity index is 744. The molecule has 0 radical (unpaired) electrons. The van der Waals surface area contributed by atoms with Crippen LogP contribution in [0.5, 0.6) is 0 Å². The van der Waals surface area contributed by atoms with E-state index in [0.29, 0.717) is 19.1 Å². The highest BCUT2D eigenvalue weighted by molar-refractivity contribution is 5.79. The first kappa shape index (κ1) is 19.7. The lowest BCUT2D eigenvalue weighted by Gasteiger charge is -2.40. The van der Waals surface area contributed by atoms with Crippen molar-refractivity contribution in [2.75, 3.05) is 19.7 Å². The summed E-state index contributed by atoms with van der Waals surface area (Å²) >= 11 is 0. The Morgan fingerprint density at radius 3 is 2.68 bits per heavy atom. The lowest BCUT2D eigenvalue weighted by Crippen LogP contribution is -2.51. The summed E-state index contributed by atoms with van der Waals surface area (Å²) in [5.74, 6) is -0.730. The van der Waals surface area contributed by atoms with Crippen LogP contribution in [0.25, 0.3) is 0 Å². The number of carbonyl (C=O) groups excluding carboxylic acids is 1. The maximum atomic E-state index is 14.1. The van der Waals surface area contributed by atoms with Crippen LogP contribution in [0.1, 0.15) is 44.8 Å². The average molecular weight is 393 g/mol. The molecule has 0 saturated carbocycles. The average Bonchev–Trinajstić information content (AvgIpc) is 3.25. The van der Waals surface area contributed by atoms with Gasteiger partial charge in [-0.3, -0.25) is 9.69 Å². The molecule has 1 aromatic carbocycles. The lowest BCUT2D eigenvalue weighted by atomic mass is 9.93. The van der Waals surface area contributed by atoms with Crippen LogP contribution in [-0.4, -0.2) is 59.6 Å². The van der Waals surface area contributed by atoms with Gasteiger partial charge >= 0.3 is 0 Å². The van der Waals surface area contributed by atoms with Gasteiger partial charge in [0.15, 0.2) is 0 Å². The predicted octanol–water partition coefficient (Wildman–Crippen LogP) is 2.45. The van der Waals surface area contributed by atoms with Gasteiger partial charge in [-0.1, -0.05) is 13.8 Å². The minimum Gasteiger partial charge on any atom is -0.370 e. The van der Waals surface area contributed by atoms with Gasteiger partial charge < -0.3 is 15.4 Å². The van der Waals surface area contributed by atoms with Crippen LogP contribution in [-0.2, 0) is 9.53 Å². The number of rotatable bonds is 3. The molecule has 0 aromatic heterocycles. The van der Waals surface area contributed by atoms with Crippen LogP contribution in [0.3, 0.4) is 0 Å². The maximum absolute atomic E-state index is 14.1. The molecule has 0 bridgehead atoms. The summed E-state index contributed by atoms with van der Waals surface area (Å²) in [7, 11) is 0. The molecule has 3 fully saturated rings. The topological polar surface area (TPSA) is 58.8 Å². The summed E-state index contributed by atoms with van der Waals surface area (Å²) in [4.78, 5) is 17.0. The zero-order valence-electron chi connectivity index (χ0n) is 16.5. The third kappa shape index (κ3) is 3.44. The van der Waals surface area contributed by atoms with E-state index < -0.39 is 23.8 Å². The first-order valence-electron chi connectivity index (χ1n) is 10.2. The van der Waals surface area contributed by atoms with E-state index >= 15 is 0 Å². The van der Waals surface area contributed by atoms with Crippen molar-refractivity contribution < 1.29 is 18.3 Å². The maximum Gasteiger partial charge on any atom is 0.225 e. The molecule has 3 aliphatic heterocycles. The van der Waals surface area contributed by atoms with Crippen LogP contribution in [0.4, 0.5) is 8.78 Å². The van der Waals surface area contributed by atoms with Crippen LogP contribution in [0.15, 0.2) is 18.2 Å². The van der Waals surface area contributed by atoms with Gasteiger partial charge in [-0.05, 0) is 37.5 Å². The predicted molar refractivity (Wildman–Crippen MR) is 101 cm³/mol. The first-order valence-corrected chi connectivity index (χ1v) is 10.2. The molecule has 1 aromatic rings. The second-order valence-electron chi connectivity index (χ2n) is 8.61. The van der Waals surface area contributed by atoms with Crippen LogP contribution in [0.2, 0.25) is 0 Å². The zero-order valence-corrected chi connectivity index (χ0v) is 16.5. The Hall–Kier alpha value is -1.57. The smallest absolute Gasteiger partial charge is 0.225 e. The second-order valence-corrected chi connectivity index (χ2v) is 8.61. The summed E-state index contributed by atoms with van der Waals surface area (Å²) in [5, 5.41) is 0. The van der Waals surface area contributed by atoms with Gasteiger partial charge in [0.2, 0.25) is 5.91 Å². The molecule has 3 aliphatic rings. The van der Waals surface area contributed by atoms with Gasteiger partial charge in [0.1, 0.15) is 17.7 Å². The van der Waals surface area contributed by atoms with Gasteiger partial charge in [0.25, 0.3) is 0 Å². The van der Waals surface area contributed by atoms with Crippen molar-refractivity contribution in [3.8, 4) is 0 Å². The number of likely N-dealkylation sites (tertiary alicyclic amines) is 2. The molecule has 0 spiro atoms. The molecule has 3 saturated heterocycles. The molecule has 3 heterocycles. The van der Waals surface area contributed by atoms with E-state index in [4.69, 9.17) is 10.5 Å². The first-order chi connectivity index (χ1) is 13.4. The Morgan fingerprint density at radius 1 is 1.21 bits per heavy atom. The zero-order chi connectivity index (χ0) is 20.0. The molecule has 1 amide bonds. The highest BCUT2D eigenvalue weighted by atomic mass is 19.1. The monoisotopic (exact) mass is 393 g/mol. The van der Waals surface area contributed by atoms with E-state index in [1.807, 2.05) is 18.7 Å². The minimum atomic E-state index is -0.632. The van der Waals surface area contributed by atoms with Crippen molar-refractivity contribution in [3.63, 3.8) is 0 Å². The number of ether oxygens (including phenoxy) is 1. The summed E-state index contributed by atoms with van der Waals surface area (Å²) < 4.78 is 33.6. The summed E-state index contributed by atoms with van der Waals surface area (Å²) in [6.07, 6.45) is 1.98. The summed E-state index contributed by atoms with van der Waals surface area (Å²) in [6.45, 7) is 6.05. The SMILES string of the molecule is CC(C)C(=O)N1CCC2C1CCN2[C@H]1CO[C@H](c2cc(F)ccc2F)[C@@H](N)C1. The van der Waals surface area contributed by atoms with Crippen LogP contribution in [0, 0.1) is 17.6 Å². The van der Waals surface area contributed by atoms with Crippen molar-refractivity contribution in [3.05, 3.63) is 35.4 Å². The van der Waals surface area contributed by atoms with Crippen LogP contribution >= 0.6 is 0 Å². The fraction of sp³-hybridized carbons (Fsp3) is 0.667. The fourth-order valence-electron chi connectivity index (χ4n) is 5.21. The number of halogens is 2. The quantitative estimate of drug-likeness (QED) is 0.857. The minimum absolute atomic E-state index is 0.0150. The van der Waals surface area contributed by atoms with Gasteiger partial charge in [-0.25, -0.2) is 8.78 Å². The summed E-state index contributed by atoms with van der Waals surface area (Å²) in [5.41, 5.74) is 6.53. The molecule has 28 heavy (non-hydrogen) atoms. The Labute approximate surface area is 164 Å². The van der Waals surface area contributed by atoms with Gasteiger partial charge in [-0.2, -0.15) is 0 Å². The Kier molecular flexibility index (Phi) is 5.42. The van der Waals surface area contributed by atoms with E-state index in [-0.39, 0.29) is 29.5 Å². The largest absolute Gasteiger partial charge is 0.370 e. The highest BCUT2D eigenvalue weighted by Gasteiger charge is 2.48. The van der Waals surface area contributed by atoms with E-state index in [1.165, 1.54) is 6.07 Å². The highest BCUT2D eigenvalue weighted by Crippen LogP contribution is 2.38. The molecular weight excluding hydrogens is 364 g/mol. The van der Waals surface area contributed by atoms with Crippen molar-refractivity contribution in [2.45, 2.75) is 63.4 Å².